The van der Waals surface area contributed by atoms with Crippen LogP contribution in [0.4, 0.5) is 0 Å². The zero-order valence-corrected chi connectivity index (χ0v) is 12.5. The van der Waals surface area contributed by atoms with E-state index < -0.39 is 0 Å². The van der Waals surface area contributed by atoms with Gasteiger partial charge in [-0.15, -0.1) is 6.58 Å². The third kappa shape index (κ3) is 6.93. The van der Waals surface area contributed by atoms with Crippen LogP contribution in [0.1, 0.15) is 32.3 Å². The first kappa shape index (κ1) is 16.2. The molecular formula is C18H24O2. The molecule has 0 bridgehead atoms. The van der Waals surface area contributed by atoms with E-state index in [4.69, 9.17) is 4.74 Å². The molecule has 0 fully saturated rings. The van der Waals surface area contributed by atoms with E-state index in [1.54, 1.807) is 0 Å². The highest BCUT2D eigenvalue weighted by Crippen LogP contribution is 2.12. The summed E-state index contributed by atoms with van der Waals surface area (Å²) in [6.45, 7) is 8.47. The molecule has 0 spiro atoms. The van der Waals surface area contributed by atoms with Crippen molar-refractivity contribution in [2.45, 2.75) is 33.1 Å². The van der Waals surface area contributed by atoms with Gasteiger partial charge in [0.05, 0.1) is 13.0 Å². The largest absolute Gasteiger partial charge is 0.465 e. The van der Waals surface area contributed by atoms with Gasteiger partial charge in [-0.3, -0.25) is 4.79 Å². The van der Waals surface area contributed by atoms with Crippen LogP contribution in [0, 0.1) is 5.92 Å². The lowest BCUT2D eigenvalue weighted by Gasteiger charge is -2.06. The number of ether oxygens (including phenoxy) is 1. The van der Waals surface area contributed by atoms with Crippen molar-refractivity contribution in [3.63, 3.8) is 0 Å². The number of hydrogen-bond acceptors (Lipinski definition) is 2. The maximum Gasteiger partial charge on any atom is 0.310 e. The Labute approximate surface area is 122 Å². The summed E-state index contributed by atoms with van der Waals surface area (Å²) in [5.41, 5.74) is 2.31. The van der Waals surface area contributed by atoms with Crippen LogP contribution < -0.4 is 0 Å². The molecule has 1 rings (SSSR count). The molecule has 1 atom stereocenters. The van der Waals surface area contributed by atoms with Crippen molar-refractivity contribution in [2.24, 2.45) is 5.92 Å². The molecule has 1 unspecified atom stereocenters. The van der Waals surface area contributed by atoms with Crippen molar-refractivity contribution in [2.75, 3.05) is 6.61 Å². The molecule has 2 nitrogen and oxygen atoms in total. The zero-order valence-electron chi connectivity index (χ0n) is 12.5. The smallest absolute Gasteiger partial charge is 0.310 e. The summed E-state index contributed by atoms with van der Waals surface area (Å²) in [4.78, 5) is 11.6. The van der Waals surface area contributed by atoms with Crippen LogP contribution in [0.2, 0.25) is 0 Å². The molecule has 20 heavy (non-hydrogen) atoms. The summed E-state index contributed by atoms with van der Waals surface area (Å²) < 4.78 is 5.22. The molecule has 0 amide bonds. The Kier molecular flexibility index (Phi) is 7.41. The van der Waals surface area contributed by atoms with E-state index in [2.05, 4.69) is 26.5 Å². The van der Waals surface area contributed by atoms with Crippen molar-refractivity contribution < 1.29 is 9.53 Å². The van der Waals surface area contributed by atoms with Crippen molar-refractivity contribution >= 4 is 5.97 Å². The van der Waals surface area contributed by atoms with Crippen LogP contribution in [0.25, 0.3) is 0 Å². The number of rotatable bonds is 8. The molecule has 0 radical (unpaired) electrons. The topological polar surface area (TPSA) is 26.3 Å². The van der Waals surface area contributed by atoms with Crippen molar-refractivity contribution in [1.29, 1.82) is 0 Å². The summed E-state index contributed by atoms with van der Waals surface area (Å²) in [7, 11) is 0. The normalized spacial score (nSPS) is 12.8. The van der Waals surface area contributed by atoms with E-state index in [-0.39, 0.29) is 5.97 Å². The third-order valence-corrected chi connectivity index (χ3v) is 3.11. The van der Waals surface area contributed by atoms with E-state index in [1.165, 1.54) is 5.57 Å². The number of carbonyl (C=O) groups excluding carboxylic acids is 1. The van der Waals surface area contributed by atoms with Crippen LogP contribution in [0.15, 0.2) is 54.6 Å². The Bertz CT molecular complexity index is 446. The maximum absolute atomic E-state index is 11.6. The zero-order chi connectivity index (χ0) is 14.8. The Morgan fingerprint density at radius 2 is 2.05 bits per heavy atom. The Hall–Kier alpha value is -1.83. The van der Waals surface area contributed by atoms with Gasteiger partial charge in [-0.05, 0) is 31.2 Å². The molecule has 0 heterocycles. The van der Waals surface area contributed by atoms with Gasteiger partial charge in [0.25, 0.3) is 0 Å². The molecule has 0 aliphatic rings. The minimum atomic E-state index is -0.165. The summed E-state index contributed by atoms with van der Waals surface area (Å²) >= 11 is 0. The Balaban J connectivity index is 2.22. The van der Waals surface area contributed by atoms with Crippen molar-refractivity contribution in [3.8, 4) is 0 Å². The molecule has 0 saturated carbocycles. The highest BCUT2D eigenvalue weighted by atomic mass is 16.5. The number of carbonyl (C=O) groups is 1. The standard InChI is InChI=1S/C18H24O2/c1-4-15(2)13-16(3)9-8-12-20-18(19)14-17-10-6-5-7-11-17/h4-7,9-11,15H,1,8,12-14H2,2-3H3/b16-9+. The van der Waals surface area contributed by atoms with Gasteiger partial charge in [0.1, 0.15) is 0 Å². The van der Waals surface area contributed by atoms with Crippen LogP contribution in [-0.4, -0.2) is 12.6 Å². The minimum absolute atomic E-state index is 0.165. The van der Waals surface area contributed by atoms with Gasteiger partial charge in [0.15, 0.2) is 0 Å². The molecule has 0 saturated heterocycles. The van der Waals surface area contributed by atoms with Gasteiger partial charge < -0.3 is 4.74 Å². The predicted molar refractivity (Wildman–Crippen MR) is 83.5 cm³/mol. The summed E-state index contributed by atoms with van der Waals surface area (Å²) in [6, 6.07) is 9.65. The monoisotopic (exact) mass is 272 g/mol. The van der Waals surface area contributed by atoms with Crippen LogP contribution >= 0.6 is 0 Å². The lowest BCUT2D eigenvalue weighted by Crippen LogP contribution is -2.08. The molecule has 108 valence electrons. The predicted octanol–water partition coefficient (Wildman–Crippen LogP) is 4.32. The molecular weight excluding hydrogens is 248 g/mol. The van der Waals surface area contributed by atoms with E-state index in [0.29, 0.717) is 18.9 Å². The van der Waals surface area contributed by atoms with Gasteiger partial charge in [0.2, 0.25) is 0 Å². The first-order valence-electron chi connectivity index (χ1n) is 7.09. The number of allylic oxidation sites excluding steroid dienone is 2. The summed E-state index contributed by atoms with van der Waals surface area (Å²) in [6.07, 6.45) is 6.22. The Morgan fingerprint density at radius 1 is 1.35 bits per heavy atom. The Morgan fingerprint density at radius 3 is 2.70 bits per heavy atom. The van der Waals surface area contributed by atoms with Crippen molar-refractivity contribution in [1.82, 2.24) is 0 Å². The van der Waals surface area contributed by atoms with Crippen LogP contribution in [0.3, 0.4) is 0 Å². The molecule has 1 aromatic rings. The summed E-state index contributed by atoms with van der Waals surface area (Å²) in [5.74, 6) is 0.327. The molecule has 0 aliphatic carbocycles. The first-order chi connectivity index (χ1) is 9.61. The van der Waals surface area contributed by atoms with Crippen molar-refractivity contribution in [3.05, 3.63) is 60.2 Å². The molecule has 0 N–H and O–H groups in total. The second kappa shape index (κ2) is 9.13. The molecule has 1 aromatic carbocycles. The second-order valence-electron chi connectivity index (χ2n) is 5.14. The van der Waals surface area contributed by atoms with Crippen LogP contribution in [0.5, 0.6) is 0 Å². The lowest BCUT2D eigenvalue weighted by atomic mass is 10.0. The average Bonchev–Trinajstić information content (AvgIpc) is 2.44. The van der Waals surface area contributed by atoms with E-state index >= 15 is 0 Å². The van der Waals surface area contributed by atoms with Gasteiger partial charge in [0, 0.05) is 0 Å². The quantitative estimate of drug-likeness (QED) is 0.400. The molecule has 0 aromatic heterocycles. The summed E-state index contributed by atoms with van der Waals surface area (Å²) in [5, 5.41) is 0. The van der Waals surface area contributed by atoms with Gasteiger partial charge in [-0.25, -0.2) is 0 Å². The average molecular weight is 272 g/mol. The highest BCUT2D eigenvalue weighted by molar-refractivity contribution is 5.72. The van der Waals surface area contributed by atoms with Crippen LogP contribution in [-0.2, 0) is 16.0 Å². The fourth-order valence-electron chi connectivity index (χ4n) is 1.97. The fraction of sp³-hybridized carbons (Fsp3) is 0.389. The SMILES string of the molecule is C=CC(C)C/C(C)=C/CCOC(=O)Cc1ccccc1. The lowest BCUT2D eigenvalue weighted by molar-refractivity contribution is -0.142. The van der Waals surface area contributed by atoms with Gasteiger partial charge >= 0.3 is 5.97 Å². The van der Waals surface area contributed by atoms with E-state index in [0.717, 1.165) is 18.4 Å². The van der Waals surface area contributed by atoms with E-state index in [9.17, 15) is 4.79 Å². The second-order valence-corrected chi connectivity index (χ2v) is 5.14. The number of esters is 1. The maximum atomic E-state index is 11.6. The molecule has 2 heteroatoms. The van der Waals surface area contributed by atoms with Gasteiger partial charge in [-0.1, -0.05) is 55.0 Å². The number of hydrogen-bond donors (Lipinski definition) is 0. The third-order valence-electron chi connectivity index (χ3n) is 3.11. The first-order valence-corrected chi connectivity index (χ1v) is 7.09. The minimum Gasteiger partial charge on any atom is -0.465 e. The molecule has 0 aliphatic heterocycles. The number of benzene rings is 1. The fourth-order valence-corrected chi connectivity index (χ4v) is 1.97. The van der Waals surface area contributed by atoms with E-state index in [1.807, 2.05) is 36.4 Å². The van der Waals surface area contributed by atoms with Gasteiger partial charge in [-0.2, -0.15) is 0 Å². The highest BCUT2D eigenvalue weighted by Gasteiger charge is 2.03.